The van der Waals surface area contributed by atoms with E-state index in [2.05, 4.69) is 15.5 Å². The molecule has 1 unspecified atom stereocenters. The van der Waals surface area contributed by atoms with Crippen molar-refractivity contribution in [1.29, 1.82) is 0 Å². The first-order valence-electron chi connectivity index (χ1n) is 5.21. The number of nitrogens with two attached hydrogens (primary N) is 1. The molecule has 1 amide bonds. The fraction of sp³-hybridized carbons (Fsp3) is 0.556. The molecule has 1 saturated heterocycles. The number of carbonyl (C=O) groups is 1. The summed E-state index contributed by atoms with van der Waals surface area (Å²) >= 11 is 0. The van der Waals surface area contributed by atoms with Crippen molar-refractivity contribution < 1.29 is 13.2 Å². The minimum Gasteiger partial charge on any atom is -0.394 e. The predicted molar refractivity (Wildman–Crippen MR) is 63.1 cm³/mol. The molecule has 1 fully saturated rings. The van der Waals surface area contributed by atoms with Crippen molar-refractivity contribution in [2.45, 2.75) is 13.3 Å². The SMILES string of the molecule is Cc1[nH]nc(NC(=O)C2CCS(=O)(=O)C2)c1N. The molecule has 2 heterocycles. The number of sulfone groups is 1. The maximum Gasteiger partial charge on any atom is 0.229 e. The first-order valence-corrected chi connectivity index (χ1v) is 7.03. The van der Waals surface area contributed by atoms with Crippen molar-refractivity contribution in [3.05, 3.63) is 5.69 Å². The number of rotatable bonds is 2. The number of nitrogens with zero attached hydrogens (tertiary/aromatic N) is 1. The molecule has 17 heavy (non-hydrogen) atoms. The quantitative estimate of drug-likeness (QED) is 0.671. The topological polar surface area (TPSA) is 118 Å². The van der Waals surface area contributed by atoms with Crippen molar-refractivity contribution in [2.24, 2.45) is 5.92 Å². The second-order valence-corrected chi connectivity index (χ2v) is 6.43. The summed E-state index contributed by atoms with van der Waals surface area (Å²) in [5.74, 6) is -0.611. The molecular formula is C9H14N4O3S. The average Bonchev–Trinajstić information content (AvgIpc) is 2.75. The molecule has 0 aromatic carbocycles. The number of carbonyl (C=O) groups excluding carboxylic acids is 1. The largest absolute Gasteiger partial charge is 0.394 e. The monoisotopic (exact) mass is 258 g/mol. The van der Waals surface area contributed by atoms with Gasteiger partial charge in [0.25, 0.3) is 0 Å². The lowest BCUT2D eigenvalue weighted by Crippen LogP contribution is -2.24. The molecule has 0 aliphatic carbocycles. The molecule has 7 nitrogen and oxygen atoms in total. The highest BCUT2D eigenvalue weighted by Gasteiger charge is 2.33. The zero-order chi connectivity index (χ0) is 12.6. The lowest BCUT2D eigenvalue weighted by atomic mass is 10.1. The van der Waals surface area contributed by atoms with Crippen LogP contribution in [0.3, 0.4) is 0 Å². The fourth-order valence-electron chi connectivity index (χ4n) is 1.75. The second kappa shape index (κ2) is 4.02. The van der Waals surface area contributed by atoms with Crippen molar-refractivity contribution >= 4 is 27.2 Å². The fourth-order valence-corrected chi connectivity index (χ4v) is 3.50. The lowest BCUT2D eigenvalue weighted by molar-refractivity contribution is -0.119. The molecule has 1 aromatic heterocycles. The number of aromatic nitrogens is 2. The van der Waals surface area contributed by atoms with Crippen molar-refractivity contribution in [1.82, 2.24) is 10.2 Å². The third-order valence-electron chi connectivity index (χ3n) is 2.84. The van der Waals surface area contributed by atoms with Crippen LogP contribution in [0.4, 0.5) is 11.5 Å². The molecule has 1 aliphatic rings. The summed E-state index contributed by atoms with van der Waals surface area (Å²) in [7, 11) is -3.06. The van der Waals surface area contributed by atoms with Crippen LogP contribution in [-0.2, 0) is 14.6 Å². The van der Waals surface area contributed by atoms with E-state index in [1.807, 2.05) is 0 Å². The smallest absolute Gasteiger partial charge is 0.229 e. The standard InChI is InChI=1S/C9H14N4O3S/c1-5-7(10)8(13-12-5)11-9(14)6-2-3-17(15,16)4-6/h6H,2-4,10H2,1H3,(H2,11,12,13,14). The van der Waals surface area contributed by atoms with E-state index in [9.17, 15) is 13.2 Å². The molecule has 2 rings (SSSR count). The van der Waals surface area contributed by atoms with E-state index in [1.165, 1.54) is 0 Å². The van der Waals surface area contributed by atoms with E-state index in [0.29, 0.717) is 17.8 Å². The van der Waals surface area contributed by atoms with Crippen LogP contribution in [0, 0.1) is 12.8 Å². The number of anilines is 2. The Kier molecular flexibility index (Phi) is 2.82. The molecule has 1 atom stereocenters. The van der Waals surface area contributed by atoms with Gasteiger partial charge in [-0.1, -0.05) is 0 Å². The number of H-pyrrole nitrogens is 1. The van der Waals surface area contributed by atoms with Gasteiger partial charge in [-0.3, -0.25) is 9.89 Å². The van der Waals surface area contributed by atoms with Gasteiger partial charge in [-0.2, -0.15) is 5.10 Å². The van der Waals surface area contributed by atoms with Gasteiger partial charge in [-0.15, -0.1) is 0 Å². The van der Waals surface area contributed by atoms with Crippen molar-refractivity contribution in [2.75, 3.05) is 22.6 Å². The third kappa shape index (κ3) is 2.41. The summed E-state index contributed by atoms with van der Waals surface area (Å²) in [6.45, 7) is 1.73. The van der Waals surface area contributed by atoms with E-state index in [-0.39, 0.29) is 23.2 Å². The minimum atomic E-state index is -3.06. The predicted octanol–water partition coefficient (Wildman–Crippen LogP) is -0.326. The van der Waals surface area contributed by atoms with Crippen LogP contribution in [0.2, 0.25) is 0 Å². The molecule has 8 heteroatoms. The van der Waals surface area contributed by atoms with E-state index < -0.39 is 15.8 Å². The number of nitrogens with one attached hydrogen (secondary N) is 2. The second-order valence-electron chi connectivity index (χ2n) is 4.20. The summed E-state index contributed by atoms with van der Waals surface area (Å²) in [4.78, 5) is 11.8. The summed E-state index contributed by atoms with van der Waals surface area (Å²) < 4.78 is 22.5. The van der Waals surface area contributed by atoms with E-state index in [4.69, 9.17) is 5.73 Å². The summed E-state index contributed by atoms with van der Waals surface area (Å²) in [6.07, 6.45) is 0.359. The highest BCUT2D eigenvalue weighted by Crippen LogP contribution is 2.22. The van der Waals surface area contributed by atoms with Crippen molar-refractivity contribution in [3.63, 3.8) is 0 Å². The Morgan fingerprint density at radius 3 is 2.76 bits per heavy atom. The molecule has 1 aromatic rings. The number of hydrogen-bond donors (Lipinski definition) is 3. The van der Waals surface area contributed by atoms with E-state index in [1.54, 1.807) is 6.92 Å². The van der Waals surface area contributed by atoms with Gasteiger partial charge >= 0.3 is 0 Å². The zero-order valence-electron chi connectivity index (χ0n) is 9.36. The summed E-state index contributed by atoms with van der Waals surface area (Å²) in [5, 5.41) is 9.01. The molecule has 0 spiro atoms. The van der Waals surface area contributed by atoms with Gasteiger partial charge in [0.2, 0.25) is 5.91 Å². The van der Waals surface area contributed by atoms with Crippen LogP contribution in [0.25, 0.3) is 0 Å². The van der Waals surface area contributed by atoms with Gasteiger partial charge in [0.1, 0.15) is 0 Å². The van der Waals surface area contributed by atoms with Crippen LogP contribution in [0.15, 0.2) is 0 Å². The molecule has 0 radical (unpaired) electrons. The molecular weight excluding hydrogens is 244 g/mol. The van der Waals surface area contributed by atoms with Crippen LogP contribution in [0.5, 0.6) is 0 Å². The van der Waals surface area contributed by atoms with Gasteiger partial charge in [-0.05, 0) is 13.3 Å². The van der Waals surface area contributed by atoms with E-state index in [0.717, 1.165) is 0 Å². The Morgan fingerprint density at radius 1 is 1.59 bits per heavy atom. The van der Waals surface area contributed by atoms with Gasteiger partial charge < -0.3 is 11.1 Å². The van der Waals surface area contributed by atoms with Gasteiger partial charge in [0.15, 0.2) is 15.7 Å². The summed E-state index contributed by atoms with van der Waals surface area (Å²) in [5.41, 5.74) is 6.72. The maximum absolute atomic E-state index is 11.8. The molecule has 1 aliphatic heterocycles. The zero-order valence-corrected chi connectivity index (χ0v) is 10.2. The Morgan fingerprint density at radius 2 is 2.29 bits per heavy atom. The third-order valence-corrected chi connectivity index (χ3v) is 4.61. The van der Waals surface area contributed by atoms with Gasteiger partial charge in [-0.25, -0.2) is 8.42 Å². The number of amides is 1. The highest BCUT2D eigenvalue weighted by molar-refractivity contribution is 7.91. The molecule has 94 valence electrons. The molecule has 4 N–H and O–H groups in total. The first-order chi connectivity index (χ1) is 7.89. The normalized spacial score (nSPS) is 22.5. The molecule has 0 saturated carbocycles. The number of hydrogen-bond acceptors (Lipinski definition) is 5. The lowest BCUT2D eigenvalue weighted by Gasteiger charge is -2.07. The first kappa shape index (κ1) is 11.9. The average molecular weight is 258 g/mol. The number of nitrogen functional groups attached to an aromatic ring is 1. The van der Waals surface area contributed by atoms with Crippen LogP contribution < -0.4 is 11.1 Å². The minimum absolute atomic E-state index is 0.0696. The van der Waals surface area contributed by atoms with Crippen LogP contribution in [-0.4, -0.2) is 36.0 Å². The maximum atomic E-state index is 11.8. The van der Waals surface area contributed by atoms with Crippen LogP contribution >= 0.6 is 0 Å². The van der Waals surface area contributed by atoms with Crippen molar-refractivity contribution in [3.8, 4) is 0 Å². The Bertz CT molecular complexity index is 549. The number of aryl methyl sites for hydroxylation is 1. The Hall–Kier alpha value is -1.57. The van der Waals surface area contributed by atoms with Gasteiger partial charge in [0, 0.05) is 0 Å². The van der Waals surface area contributed by atoms with E-state index >= 15 is 0 Å². The van der Waals surface area contributed by atoms with Crippen LogP contribution in [0.1, 0.15) is 12.1 Å². The number of aromatic amines is 1. The Labute approximate surface area is 98.7 Å². The highest BCUT2D eigenvalue weighted by atomic mass is 32.2. The summed E-state index contributed by atoms with van der Waals surface area (Å²) in [6, 6.07) is 0. The Balaban J connectivity index is 2.06. The molecule has 0 bridgehead atoms. The van der Waals surface area contributed by atoms with Gasteiger partial charge in [0.05, 0.1) is 28.8 Å².